The number of aromatic nitrogens is 6. The number of amides is 4. The molecule has 4 aliphatic rings. The second-order valence-corrected chi connectivity index (χ2v) is 19.8. The minimum absolute atomic E-state index is 0.0525. The number of hydrogen-bond donors (Lipinski definition) is 3. The Morgan fingerprint density at radius 2 is 1.06 bits per heavy atom. The molecule has 0 atom stereocenters. The van der Waals surface area contributed by atoms with E-state index < -0.39 is 0 Å². The molecule has 4 fully saturated rings. The Balaban J connectivity index is 0.000000190. The van der Waals surface area contributed by atoms with E-state index in [0.29, 0.717) is 86.0 Å². The van der Waals surface area contributed by atoms with Gasteiger partial charge >= 0.3 is 0 Å². The third-order valence-electron chi connectivity index (χ3n) is 14.5. The number of carbonyl (C=O) groups excluding carboxylic acids is 4. The van der Waals surface area contributed by atoms with E-state index in [2.05, 4.69) is 78.1 Å². The van der Waals surface area contributed by atoms with Crippen molar-refractivity contribution in [2.24, 2.45) is 0 Å². The zero-order chi connectivity index (χ0) is 54.4. The molecule has 21 heteroatoms. The van der Waals surface area contributed by atoms with Gasteiger partial charge < -0.3 is 54.0 Å². The lowest BCUT2D eigenvalue weighted by atomic mass is 10.00. The van der Waals surface area contributed by atoms with E-state index in [0.717, 1.165) is 86.2 Å². The molecule has 21 nitrogen and oxygen atoms in total. The molecule has 4 saturated heterocycles. The molecule has 8 heterocycles. The SMILES string of the molecule is C=CC(=O)N(c1cc(C(=O)NCc2ccon2)cc(-c2ccc(N3CCN(C)CC3)nc2)c1)C1CCOCC1.C=CC(=O)N(c1cc(C(=O)NCc2cn[nH]n2)cc(-c2ccc(N3CCN(C)CC3)nc2)c1)C1CCOCC1. The van der Waals surface area contributed by atoms with Crippen molar-refractivity contribution in [2.75, 3.05) is 112 Å². The van der Waals surface area contributed by atoms with E-state index in [1.807, 2.05) is 60.9 Å². The molecule has 0 spiro atoms. The van der Waals surface area contributed by atoms with E-state index in [9.17, 15) is 19.2 Å². The fraction of sp³-hybridized carbons (Fsp3) is 0.386. The van der Waals surface area contributed by atoms with Crippen molar-refractivity contribution in [3.8, 4) is 22.3 Å². The molecule has 0 radical (unpaired) electrons. The number of pyridine rings is 2. The van der Waals surface area contributed by atoms with E-state index >= 15 is 0 Å². The van der Waals surface area contributed by atoms with Gasteiger partial charge in [0.15, 0.2) is 0 Å². The molecular weight excluding hydrogens is 993 g/mol. The maximum Gasteiger partial charge on any atom is 0.251 e. The molecule has 10 rings (SSSR count). The molecule has 4 aliphatic heterocycles. The zero-order valence-electron chi connectivity index (χ0n) is 44.4. The Morgan fingerprint density at radius 3 is 1.45 bits per heavy atom. The number of ether oxygens (including phenoxy) is 2. The molecule has 0 saturated carbocycles. The molecule has 408 valence electrons. The lowest BCUT2D eigenvalue weighted by molar-refractivity contribution is -0.115. The van der Waals surface area contributed by atoms with Gasteiger partial charge in [-0.25, -0.2) is 9.97 Å². The second-order valence-electron chi connectivity index (χ2n) is 19.8. The number of rotatable bonds is 16. The lowest BCUT2D eigenvalue weighted by Crippen LogP contribution is -2.44. The van der Waals surface area contributed by atoms with E-state index in [1.54, 1.807) is 34.2 Å². The van der Waals surface area contributed by atoms with Crippen molar-refractivity contribution in [1.29, 1.82) is 0 Å². The summed E-state index contributed by atoms with van der Waals surface area (Å²) in [6.45, 7) is 17.9. The molecule has 4 aromatic heterocycles. The predicted octanol–water partition coefficient (Wildman–Crippen LogP) is 5.36. The summed E-state index contributed by atoms with van der Waals surface area (Å²) in [5, 5.41) is 20.0. The number of piperazine rings is 2. The van der Waals surface area contributed by atoms with Crippen LogP contribution in [0.4, 0.5) is 23.0 Å². The van der Waals surface area contributed by atoms with Crippen LogP contribution in [-0.2, 0) is 32.2 Å². The topological polar surface area (TPSA) is 224 Å². The lowest BCUT2D eigenvalue weighted by Gasteiger charge is -2.34. The summed E-state index contributed by atoms with van der Waals surface area (Å²) in [7, 11) is 4.25. The number of benzene rings is 2. The average molecular weight is 1060 g/mol. The van der Waals surface area contributed by atoms with Crippen molar-refractivity contribution < 1.29 is 33.2 Å². The average Bonchev–Trinajstić information content (AvgIpc) is 4.23. The normalized spacial score (nSPS) is 16.6. The van der Waals surface area contributed by atoms with Gasteiger partial charge in [0.2, 0.25) is 0 Å². The maximum atomic E-state index is 13.3. The molecule has 2 aromatic carbocycles. The van der Waals surface area contributed by atoms with E-state index in [-0.39, 0.29) is 48.8 Å². The van der Waals surface area contributed by atoms with Crippen LogP contribution in [-0.4, -0.2) is 169 Å². The summed E-state index contributed by atoms with van der Waals surface area (Å²) in [5.74, 6) is 0.883. The van der Waals surface area contributed by atoms with Crippen LogP contribution in [0.1, 0.15) is 57.8 Å². The smallest absolute Gasteiger partial charge is 0.251 e. The first-order valence-corrected chi connectivity index (χ1v) is 26.5. The summed E-state index contributed by atoms with van der Waals surface area (Å²) < 4.78 is 15.9. The van der Waals surface area contributed by atoms with Crippen molar-refractivity contribution in [3.05, 3.63) is 139 Å². The van der Waals surface area contributed by atoms with Crippen molar-refractivity contribution in [2.45, 2.75) is 50.9 Å². The van der Waals surface area contributed by atoms with Gasteiger partial charge in [0.1, 0.15) is 29.3 Å². The van der Waals surface area contributed by atoms with Crippen LogP contribution in [0, 0.1) is 0 Å². The van der Waals surface area contributed by atoms with Gasteiger partial charge in [-0.1, -0.05) is 18.3 Å². The Bertz CT molecular complexity index is 2760. The van der Waals surface area contributed by atoms with Crippen LogP contribution in [0.5, 0.6) is 0 Å². The van der Waals surface area contributed by atoms with Gasteiger partial charge in [-0.3, -0.25) is 19.2 Å². The maximum absolute atomic E-state index is 13.3. The third-order valence-corrected chi connectivity index (χ3v) is 14.5. The number of likely N-dealkylation sites (N-methyl/N-ethyl adjacent to an activating group) is 2. The second kappa shape index (κ2) is 26.3. The number of nitrogens with one attached hydrogen (secondary N) is 3. The fourth-order valence-corrected chi connectivity index (χ4v) is 9.96. The number of nitrogens with zero attached hydrogens (tertiary/aromatic N) is 11. The number of aromatic amines is 1. The predicted molar refractivity (Wildman–Crippen MR) is 297 cm³/mol. The molecular formula is C57H68N14O7. The Morgan fingerprint density at radius 1 is 0.603 bits per heavy atom. The Hall–Kier alpha value is -8.11. The van der Waals surface area contributed by atoms with Gasteiger partial charge in [-0.2, -0.15) is 15.4 Å². The van der Waals surface area contributed by atoms with Gasteiger partial charge in [0.05, 0.1) is 19.3 Å². The van der Waals surface area contributed by atoms with Crippen LogP contribution >= 0.6 is 0 Å². The largest absolute Gasteiger partial charge is 0.381 e. The minimum Gasteiger partial charge on any atom is -0.381 e. The van der Waals surface area contributed by atoms with Crippen LogP contribution in [0.3, 0.4) is 0 Å². The Labute approximate surface area is 454 Å². The van der Waals surface area contributed by atoms with Crippen LogP contribution in [0.15, 0.2) is 121 Å². The monoisotopic (exact) mass is 1060 g/mol. The van der Waals surface area contributed by atoms with Gasteiger partial charge in [-0.05, 0) is 124 Å². The van der Waals surface area contributed by atoms with Crippen molar-refractivity contribution in [3.63, 3.8) is 0 Å². The highest BCUT2D eigenvalue weighted by atomic mass is 16.5. The minimum atomic E-state index is -0.277. The molecule has 3 N–H and O–H groups in total. The fourth-order valence-electron chi connectivity index (χ4n) is 9.96. The van der Waals surface area contributed by atoms with Crippen molar-refractivity contribution >= 4 is 46.6 Å². The zero-order valence-corrected chi connectivity index (χ0v) is 44.4. The molecule has 0 aliphatic carbocycles. The molecule has 4 amide bonds. The van der Waals surface area contributed by atoms with Gasteiger partial charge in [0, 0.05) is 143 Å². The summed E-state index contributed by atoms with van der Waals surface area (Å²) in [4.78, 5) is 74.8. The summed E-state index contributed by atoms with van der Waals surface area (Å²) >= 11 is 0. The van der Waals surface area contributed by atoms with Gasteiger partial charge in [-0.15, -0.1) is 0 Å². The highest BCUT2D eigenvalue weighted by Crippen LogP contribution is 2.33. The molecule has 0 bridgehead atoms. The quantitative estimate of drug-likeness (QED) is 0.104. The number of H-pyrrole nitrogens is 1. The van der Waals surface area contributed by atoms with Crippen molar-refractivity contribution in [1.82, 2.24) is 51.0 Å². The first kappa shape index (κ1) is 54.7. The van der Waals surface area contributed by atoms with E-state index in [1.165, 1.54) is 18.4 Å². The van der Waals surface area contributed by atoms with Crippen LogP contribution < -0.4 is 30.2 Å². The van der Waals surface area contributed by atoms with Crippen LogP contribution in [0.2, 0.25) is 0 Å². The highest BCUT2D eigenvalue weighted by molar-refractivity contribution is 6.05. The van der Waals surface area contributed by atoms with Crippen LogP contribution in [0.25, 0.3) is 22.3 Å². The molecule has 6 aromatic rings. The van der Waals surface area contributed by atoms with Gasteiger partial charge in [0.25, 0.3) is 23.6 Å². The number of carbonyl (C=O) groups is 4. The summed E-state index contributed by atoms with van der Waals surface area (Å²) in [6, 6.07) is 20.7. The standard InChI is InChI=1S/C29H34N6O4.C28H34N8O3/c1-3-28(36)35(25-7-13-38-14-8-25)26-17-22(16-23(18-26)29(37)31-20-24-6-15-39-32-24)21-4-5-27(30-19-21)34-11-9-33(2)10-12-34;1-3-27(37)36(24-6-12-39-13-7-24)25-15-21(14-22(16-25)28(38)30-18-23-19-31-33-32-23)20-4-5-26(29-17-20)35-10-8-34(2)9-11-35/h3-6,15-19,25H,1,7-14,20H2,2H3,(H,31,37);3-5,14-17,19,24H,1,6-13,18H2,2H3,(H,30,38)(H,31,32,33). The first-order chi connectivity index (χ1) is 38.0. The first-order valence-electron chi connectivity index (χ1n) is 26.5. The number of hydrogen-bond acceptors (Lipinski definition) is 16. The molecule has 78 heavy (non-hydrogen) atoms. The third kappa shape index (κ3) is 13.9. The highest BCUT2D eigenvalue weighted by Gasteiger charge is 2.29. The Kier molecular flexibility index (Phi) is 18.4. The van der Waals surface area contributed by atoms with E-state index in [4.69, 9.17) is 24.0 Å². The molecule has 0 unspecified atom stereocenters. The number of anilines is 4. The summed E-state index contributed by atoms with van der Waals surface area (Å²) in [6.07, 6.45) is 12.2. The summed E-state index contributed by atoms with van der Waals surface area (Å²) in [5.41, 5.74) is 6.69.